The van der Waals surface area contributed by atoms with E-state index in [-0.39, 0.29) is 31.4 Å². The lowest BCUT2D eigenvalue weighted by molar-refractivity contribution is 0.152. The predicted molar refractivity (Wildman–Crippen MR) is 123 cm³/mol. The van der Waals surface area contributed by atoms with E-state index in [1.807, 2.05) is 45.9 Å². The summed E-state index contributed by atoms with van der Waals surface area (Å²) in [5.74, 6) is 0.243. The zero-order chi connectivity index (χ0) is 23.5. The second kappa shape index (κ2) is 9.34. The van der Waals surface area contributed by atoms with Crippen molar-refractivity contribution >= 4 is 21.4 Å². The van der Waals surface area contributed by atoms with Gasteiger partial charge in [0.25, 0.3) is 0 Å². The van der Waals surface area contributed by atoms with Gasteiger partial charge in [-0.2, -0.15) is 12.7 Å². The van der Waals surface area contributed by atoms with Gasteiger partial charge in [0, 0.05) is 18.7 Å². The minimum atomic E-state index is -4.38. The van der Waals surface area contributed by atoms with Gasteiger partial charge in [0.15, 0.2) is 11.5 Å². The highest BCUT2D eigenvalue weighted by Gasteiger charge is 2.33. The molecule has 2 aromatic carbocycles. The van der Waals surface area contributed by atoms with Crippen molar-refractivity contribution in [3.05, 3.63) is 65.2 Å². The first kappa shape index (κ1) is 23.8. The van der Waals surface area contributed by atoms with Gasteiger partial charge in [-0.05, 0) is 49.1 Å². The highest BCUT2D eigenvalue weighted by molar-refractivity contribution is 8.03. The van der Waals surface area contributed by atoms with Crippen LogP contribution in [-0.2, 0) is 27.9 Å². The maximum atomic E-state index is 13.0. The normalized spacial score (nSPS) is 14.8. The third kappa shape index (κ3) is 5.69. The lowest BCUT2D eigenvalue weighted by Gasteiger charge is -2.29. The molecule has 1 N–H and O–H groups in total. The minimum absolute atomic E-state index is 0.0260. The molecule has 0 radical (unpaired) electrons. The summed E-state index contributed by atoms with van der Waals surface area (Å²) in [6.45, 7) is 7.38. The number of aromatic hydroxyl groups is 1. The van der Waals surface area contributed by atoms with Gasteiger partial charge in [-0.1, -0.05) is 50.3 Å². The number of carbonyl (C=O) groups is 1. The van der Waals surface area contributed by atoms with Crippen LogP contribution in [0.25, 0.3) is 6.08 Å². The number of benzene rings is 2. The highest BCUT2D eigenvalue weighted by Crippen LogP contribution is 2.39. The van der Waals surface area contributed by atoms with E-state index in [1.54, 1.807) is 30.3 Å². The zero-order valence-electron chi connectivity index (χ0n) is 18.7. The van der Waals surface area contributed by atoms with Gasteiger partial charge < -0.3 is 14.6 Å². The maximum absolute atomic E-state index is 13.0. The van der Waals surface area contributed by atoms with Crippen LogP contribution in [0.2, 0.25) is 0 Å². The fourth-order valence-corrected chi connectivity index (χ4v) is 4.60. The Bertz CT molecular complexity index is 1110. The molecule has 0 atom stereocenters. The standard InChI is InChI=1S/C24H29NO6S/c1-17(2)14-25(32(28,29)23(27)30-16-18-8-6-5-7-9-18)15-19-12-20-10-11-24(3,4)31-22(20)21(26)13-19/h5-13,17,26H,14-16H2,1-4H3. The molecule has 7 nitrogen and oxygen atoms in total. The average Bonchev–Trinajstić information content (AvgIpc) is 2.72. The first-order valence-electron chi connectivity index (χ1n) is 10.4. The quantitative estimate of drug-likeness (QED) is 0.603. The van der Waals surface area contributed by atoms with Crippen molar-refractivity contribution in [1.29, 1.82) is 0 Å². The summed E-state index contributed by atoms with van der Waals surface area (Å²) in [6, 6.07) is 12.1. The van der Waals surface area contributed by atoms with Gasteiger partial charge in [0.05, 0.1) is 0 Å². The summed E-state index contributed by atoms with van der Waals surface area (Å²) in [5, 5.41) is 9.17. The van der Waals surface area contributed by atoms with Crippen LogP contribution in [0.15, 0.2) is 48.5 Å². The predicted octanol–water partition coefficient (Wildman–Crippen LogP) is 4.70. The van der Waals surface area contributed by atoms with E-state index in [4.69, 9.17) is 9.47 Å². The van der Waals surface area contributed by atoms with E-state index in [1.165, 1.54) is 6.07 Å². The Morgan fingerprint density at radius 1 is 1.16 bits per heavy atom. The smallest absolute Gasteiger partial charge is 0.440 e. The Labute approximate surface area is 189 Å². The lowest BCUT2D eigenvalue weighted by Crippen LogP contribution is -2.38. The number of hydrogen-bond donors (Lipinski definition) is 1. The molecule has 3 rings (SSSR count). The summed E-state index contributed by atoms with van der Waals surface area (Å²) in [5.41, 5.74) is 1.32. The number of ether oxygens (including phenoxy) is 2. The van der Waals surface area contributed by atoms with Crippen LogP contribution in [0.3, 0.4) is 0 Å². The number of sulfonamides is 1. The molecule has 32 heavy (non-hydrogen) atoms. The molecule has 1 aliphatic rings. The molecule has 0 saturated carbocycles. The molecule has 2 aromatic rings. The number of phenolic OH excluding ortho intramolecular Hbond substituents is 1. The summed E-state index contributed by atoms with van der Waals surface area (Å²) in [4.78, 5) is 12.5. The van der Waals surface area contributed by atoms with Crippen molar-refractivity contribution in [2.75, 3.05) is 6.54 Å². The van der Waals surface area contributed by atoms with Crippen LogP contribution in [0.5, 0.6) is 11.5 Å². The molecule has 0 amide bonds. The van der Waals surface area contributed by atoms with E-state index >= 15 is 0 Å². The van der Waals surface area contributed by atoms with Crippen LogP contribution in [0, 0.1) is 5.92 Å². The molecule has 1 heterocycles. The number of hydrogen-bond acceptors (Lipinski definition) is 6. The lowest BCUT2D eigenvalue weighted by atomic mass is 10.00. The van der Waals surface area contributed by atoms with E-state index in [0.717, 1.165) is 4.31 Å². The van der Waals surface area contributed by atoms with Crippen molar-refractivity contribution in [2.45, 2.75) is 46.4 Å². The Kier molecular flexibility index (Phi) is 6.95. The SMILES string of the molecule is CC(C)CN(Cc1cc(O)c2c(c1)C=CC(C)(C)O2)S(=O)(=O)C(=O)OCc1ccccc1. The zero-order valence-corrected chi connectivity index (χ0v) is 19.6. The molecule has 0 bridgehead atoms. The number of carbonyl (C=O) groups excluding carboxylic acids is 1. The highest BCUT2D eigenvalue weighted by atomic mass is 32.2. The Hall–Kier alpha value is -2.84. The van der Waals surface area contributed by atoms with Crippen LogP contribution < -0.4 is 4.74 Å². The molecule has 0 fully saturated rings. The van der Waals surface area contributed by atoms with Gasteiger partial charge in [-0.25, -0.2) is 4.79 Å². The van der Waals surface area contributed by atoms with Crippen molar-refractivity contribution in [2.24, 2.45) is 5.92 Å². The topological polar surface area (TPSA) is 93.1 Å². The molecule has 0 aliphatic carbocycles. The first-order valence-corrected chi connectivity index (χ1v) is 11.9. The molecule has 8 heteroatoms. The summed E-state index contributed by atoms with van der Waals surface area (Å²) >= 11 is 0. The fraction of sp³-hybridized carbons (Fsp3) is 0.375. The Morgan fingerprint density at radius 2 is 1.84 bits per heavy atom. The van der Waals surface area contributed by atoms with Crippen molar-refractivity contribution < 1.29 is 27.8 Å². The van der Waals surface area contributed by atoms with E-state index in [9.17, 15) is 18.3 Å². The van der Waals surface area contributed by atoms with Crippen molar-refractivity contribution in [3.8, 4) is 11.5 Å². The number of nitrogens with zero attached hydrogens (tertiary/aromatic N) is 1. The third-order valence-corrected chi connectivity index (χ3v) is 6.36. The first-order chi connectivity index (χ1) is 15.0. The fourth-order valence-electron chi connectivity index (χ4n) is 3.36. The van der Waals surface area contributed by atoms with Crippen LogP contribution in [-0.4, -0.2) is 35.3 Å². The second-order valence-corrected chi connectivity index (χ2v) is 10.6. The Morgan fingerprint density at radius 3 is 2.50 bits per heavy atom. The van der Waals surface area contributed by atoms with E-state index < -0.39 is 20.9 Å². The molecule has 0 spiro atoms. The van der Waals surface area contributed by atoms with Gasteiger partial charge in [0.2, 0.25) is 0 Å². The largest absolute Gasteiger partial charge is 0.504 e. The third-order valence-electron chi connectivity index (χ3n) is 4.86. The summed E-state index contributed by atoms with van der Waals surface area (Å²) in [7, 11) is -4.38. The molecule has 0 aromatic heterocycles. The molecular formula is C24H29NO6S. The second-order valence-electron chi connectivity index (χ2n) is 8.79. The van der Waals surface area contributed by atoms with E-state index in [2.05, 4.69) is 0 Å². The van der Waals surface area contributed by atoms with Gasteiger partial charge >= 0.3 is 15.3 Å². The van der Waals surface area contributed by atoms with Gasteiger partial charge in [-0.3, -0.25) is 0 Å². The number of rotatable bonds is 7. The van der Waals surface area contributed by atoms with Gasteiger partial charge in [-0.15, -0.1) is 0 Å². The molecule has 172 valence electrons. The van der Waals surface area contributed by atoms with Crippen LogP contribution >= 0.6 is 0 Å². The van der Waals surface area contributed by atoms with Crippen molar-refractivity contribution in [1.82, 2.24) is 4.31 Å². The molecule has 0 saturated heterocycles. The summed E-state index contributed by atoms with van der Waals surface area (Å²) < 4.78 is 38.0. The Balaban J connectivity index is 1.82. The molecule has 1 aliphatic heterocycles. The maximum Gasteiger partial charge on any atom is 0.440 e. The average molecular weight is 460 g/mol. The summed E-state index contributed by atoms with van der Waals surface area (Å²) in [6.07, 6.45) is 3.69. The molecule has 0 unspecified atom stereocenters. The molecular weight excluding hydrogens is 430 g/mol. The van der Waals surface area contributed by atoms with Crippen LogP contribution in [0.1, 0.15) is 44.4 Å². The number of phenols is 1. The van der Waals surface area contributed by atoms with E-state index in [0.29, 0.717) is 22.4 Å². The monoisotopic (exact) mass is 459 g/mol. The number of fused-ring (bicyclic) bond motifs is 1. The van der Waals surface area contributed by atoms with Crippen molar-refractivity contribution in [3.63, 3.8) is 0 Å². The van der Waals surface area contributed by atoms with Gasteiger partial charge in [0.1, 0.15) is 12.2 Å². The van der Waals surface area contributed by atoms with Crippen LogP contribution in [0.4, 0.5) is 4.79 Å². The minimum Gasteiger partial charge on any atom is -0.504 e.